The summed E-state index contributed by atoms with van der Waals surface area (Å²) in [5, 5.41) is 3.46. The summed E-state index contributed by atoms with van der Waals surface area (Å²) >= 11 is 0. The molecule has 0 aromatic carbocycles. The molecule has 1 amide bonds. The van der Waals surface area contributed by atoms with Gasteiger partial charge >= 0.3 is 0 Å². The quantitative estimate of drug-likeness (QED) is 0.935. The Morgan fingerprint density at radius 2 is 2.08 bits per heavy atom. The van der Waals surface area contributed by atoms with E-state index in [4.69, 9.17) is 8.83 Å². The van der Waals surface area contributed by atoms with Gasteiger partial charge < -0.3 is 19.1 Å². The molecule has 24 heavy (non-hydrogen) atoms. The average molecular weight is 329 g/mol. The van der Waals surface area contributed by atoms with E-state index < -0.39 is 0 Å². The molecule has 1 N–H and O–H groups in total. The highest BCUT2D eigenvalue weighted by Gasteiger charge is 2.31. The fourth-order valence-corrected chi connectivity index (χ4v) is 3.82. The van der Waals surface area contributed by atoms with Gasteiger partial charge in [-0.15, -0.1) is 0 Å². The molecule has 4 rings (SSSR count). The molecule has 6 heteroatoms. The van der Waals surface area contributed by atoms with Gasteiger partial charge in [0, 0.05) is 13.1 Å². The lowest BCUT2D eigenvalue weighted by Crippen LogP contribution is -2.34. The molecule has 0 saturated carbocycles. The molecule has 2 saturated heterocycles. The van der Waals surface area contributed by atoms with Crippen molar-refractivity contribution in [2.24, 2.45) is 11.8 Å². The summed E-state index contributed by atoms with van der Waals surface area (Å²) in [6.07, 6.45) is 4.07. The second-order valence-corrected chi connectivity index (χ2v) is 6.81. The monoisotopic (exact) mass is 329 g/mol. The zero-order valence-electron chi connectivity index (χ0n) is 14.0. The summed E-state index contributed by atoms with van der Waals surface area (Å²) in [6, 6.07) is 3.60. The number of hydrogen-bond donors (Lipinski definition) is 1. The predicted molar refractivity (Wildman–Crippen MR) is 88.3 cm³/mol. The summed E-state index contributed by atoms with van der Waals surface area (Å²) in [6.45, 7) is 5.75. The Bertz CT molecular complexity index is 693. The number of amides is 1. The molecule has 2 aromatic rings. The first kappa shape index (κ1) is 15.4. The molecule has 2 atom stereocenters. The van der Waals surface area contributed by atoms with E-state index in [1.807, 2.05) is 11.8 Å². The van der Waals surface area contributed by atoms with Gasteiger partial charge in [0.25, 0.3) is 5.89 Å². The van der Waals surface area contributed by atoms with Crippen molar-refractivity contribution >= 4 is 5.91 Å². The Labute approximate surface area is 141 Å². The van der Waals surface area contributed by atoms with E-state index >= 15 is 0 Å². The highest BCUT2D eigenvalue weighted by atomic mass is 16.4. The van der Waals surface area contributed by atoms with Gasteiger partial charge in [-0.1, -0.05) is 0 Å². The van der Waals surface area contributed by atoms with E-state index in [0.717, 1.165) is 50.9 Å². The summed E-state index contributed by atoms with van der Waals surface area (Å²) < 4.78 is 11.0. The Balaban J connectivity index is 1.42. The molecule has 2 aromatic heterocycles. The lowest BCUT2D eigenvalue weighted by atomic mass is 9.92. The number of aryl methyl sites for hydroxylation is 1. The van der Waals surface area contributed by atoms with E-state index in [1.165, 1.54) is 0 Å². The predicted octanol–water partition coefficient (Wildman–Crippen LogP) is 2.24. The molecule has 128 valence electrons. The Morgan fingerprint density at radius 3 is 2.75 bits per heavy atom. The van der Waals surface area contributed by atoms with Crippen molar-refractivity contribution < 1.29 is 13.6 Å². The van der Waals surface area contributed by atoms with Crippen LogP contribution in [0.2, 0.25) is 0 Å². The first-order chi connectivity index (χ1) is 11.7. The minimum atomic E-state index is 0.144. The SMILES string of the molecule is Cc1oc(-c2ccco2)nc1CC(=O)N1CC[C@@H]2CNC[C@@H]2CC1. The summed E-state index contributed by atoms with van der Waals surface area (Å²) in [7, 11) is 0. The van der Waals surface area contributed by atoms with Gasteiger partial charge in [0.05, 0.1) is 18.4 Å². The van der Waals surface area contributed by atoms with Gasteiger partial charge in [0.2, 0.25) is 5.91 Å². The van der Waals surface area contributed by atoms with Crippen molar-refractivity contribution in [1.29, 1.82) is 0 Å². The molecule has 2 aliphatic rings. The molecular formula is C18H23N3O3. The van der Waals surface area contributed by atoms with Crippen LogP contribution >= 0.6 is 0 Å². The van der Waals surface area contributed by atoms with Crippen molar-refractivity contribution in [3.8, 4) is 11.7 Å². The molecule has 0 radical (unpaired) electrons. The number of hydrogen-bond acceptors (Lipinski definition) is 5. The lowest BCUT2D eigenvalue weighted by Gasteiger charge is -2.20. The largest absolute Gasteiger partial charge is 0.459 e. The second kappa shape index (κ2) is 6.43. The molecule has 2 aliphatic heterocycles. The first-order valence-electron chi connectivity index (χ1n) is 8.69. The summed E-state index contributed by atoms with van der Waals surface area (Å²) in [5.41, 5.74) is 0.706. The summed E-state index contributed by atoms with van der Waals surface area (Å²) in [5.74, 6) is 3.31. The Kier molecular flexibility index (Phi) is 4.14. The van der Waals surface area contributed by atoms with Crippen molar-refractivity contribution in [1.82, 2.24) is 15.2 Å². The van der Waals surface area contributed by atoms with Crippen LogP contribution in [0.25, 0.3) is 11.7 Å². The minimum absolute atomic E-state index is 0.144. The minimum Gasteiger partial charge on any atom is -0.459 e. The van der Waals surface area contributed by atoms with Crippen LogP contribution in [0.3, 0.4) is 0 Å². The maximum Gasteiger partial charge on any atom is 0.263 e. The lowest BCUT2D eigenvalue weighted by molar-refractivity contribution is -0.130. The van der Waals surface area contributed by atoms with E-state index in [9.17, 15) is 4.79 Å². The van der Waals surface area contributed by atoms with Gasteiger partial charge in [-0.3, -0.25) is 4.79 Å². The van der Waals surface area contributed by atoms with Crippen molar-refractivity contribution in [2.75, 3.05) is 26.2 Å². The summed E-state index contributed by atoms with van der Waals surface area (Å²) in [4.78, 5) is 19.1. The van der Waals surface area contributed by atoms with Crippen LogP contribution in [0.5, 0.6) is 0 Å². The molecule has 2 fully saturated rings. The van der Waals surface area contributed by atoms with Crippen LogP contribution in [0.4, 0.5) is 0 Å². The number of aromatic nitrogens is 1. The fraction of sp³-hybridized carbons (Fsp3) is 0.556. The zero-order valence-corrected chi connectivity index (χ0v) is 14.0. The highest BCUT2D eigenvalue weighted by Crippen LogP contribution is 2.28. The zero-order chi connectivity index (χ0) is 16.5. The number of carbonyl (C=O) groups is 1. The Hall–Kier alpha value is -2.08. The molecular weight excluding hydrogens is 306 g/mol. The number of oxazole rings is 1. The van der Waals surface area contributed by atoms with Crippen LogP contribution in [0, 0.1) is 18.8 Å². The van der Waals surface area contributed by atoms with Gasteiger partial charge in [-0.25, -0.2) is 4.98 Å². The third kappa shape index (κ3) is 2.98. The van der Waals surface area contributed by atoms with Crippen molar-refractivity contribution in [2.45, 2.75) is 26.2 Å². The van der Waals surface area contributed by atoms with E-state index in [1.54, 1.807) is 18.4 Å². The van der Waals surface area contributed by atoms with E-state index in [-0.39, 0.29) is 5.91 Å². The highest BCUT2D eigenvalue weighted by molar-refractivity contribution is 5.78. The van der Waals surface area contributed by atoms with Crippen molar-refractivity contribution in [3.05, 3.63) is 29.9 Å². The standard InChI is InChI=1S/C18H23N3O3/c1-12-15(20-18(24-12)16-3-2-8-23-16)9-17(22)21-6-4-13-10-19-11-14(13)5-7-21/h2-3,8,13-14,19H,4-7,9-11H2,1H3/t13-,14+. The van der Waals surface area contributed by atoms with Crippen molar-refractivity contribution in [3.63, 3.8) is 0 Å². The maximum absolute atomic E-state index is 12.7. The van der Waals surface area contributed by atoms with Gasteiger partial charge in [0.15, 0.2) is 5.76 Å². The number of furan rings is 1. The van der Waals surface area contributed by atoms with Gasteiger partial charge in [0.1, 0.15) is 5.76 Å². The van der Waals surface area contributed by atoms with E-state index in [0.29, 0.717) is 29.5 Å². The van der Waals surface area contributed by atoms with Crippen LogP contribution in [-0.2, 0) is 11.2 Å². The fourth-order valence-electron chi connectivity index (χ4n) is 3.82. The second-order valence-electron chi connectivity index (χ2n) is 6.81. The molecule has 0 unspecified atom stereocenters. The number of fused-ring (bicyclic) bond motifs is 1. The third-order valence-electron chi connectivity index (χ3n) is 5.32. The molecule has 0 bridgehead atoms. The van der Waals surface area contributed by atoms with Crippen LogP contribution in [0.15, 0.2) is 27.2 Å². The number of nitrogens with one attached hydrogen (secondary N) is 1. The van der Waals surface area contributed by atoms with E-state index in [2.05, 4.69) is 10.3 Å². The molecule has 6 nitrogen and oxygen atoms in total. The number of likely N-dealkylation sites (tertiary alicyclic amines) is 1. The Morgan fingerprint density at radius 1 is 1.33 bits per heavy atom. The van der Waals surface area contributed by atoms with Gasteiger partial charge in [-0.2, -0.15) is 0 Å². The normalized spacial score (nSPS) is 24.0. The van der Waals surface area contributed by atoms with Crippen LogP contribution in [-0.4, -0.2) is 42.0 Å². The maximum atomic E-state index is 12.7. The van der Waals surface area contributed by atoms with Crippen LogP contribution in [0.1, 0.15) is 24.3 Å². The average Bonchev–Trinajstić information content (AvgIpc) is 3.28. The van der Waals surface area contributed by atoms with Gasteiger partial charge in [-0.05, 0) is 56.8 Å². The molecule has 0 spiro atoms. The smallest absolute Gasteiger partial charge is 0.263 e. The third-order valence-corrected chi connectivity index (χ3v) is 5.32. The van der Waals surface area contributed by atoms with Crippen LogP contribution < -0.4 is 5.32 Å². The molecule has 0 aliphatic carbocycles. The first-order valence-corrected chi connectivity index (χ1v) is 8.69. The topological polar surface area (TPSA) is 71.5 Å². The number of nitrogens with zero attached hydrogens (tertiary/aromatic N) is 2. The number of carbonyl (C=O) groups excluding carboxylic acids is 1. The number of rotatable bonds is 3. The molecule has 4 heterocycles.